The van der Waals surface area contributed by atoms with Gasteiger partial charge in [0.25, 0.3) is 0 Å². The molecule has 3 heteroatoms. The largest absolute Gasteiger partial charge is 0.320 e. The van der Waals surface area contributed by atoms with Gasteiger partial charge in [0, 0.05) is 16.6 Å². The van der Waals surface area contributed by atoms with E-state index >= 15 is 0 Å². The number of thioether (sulfide) groups is 1. The SMILES string of the molecule is CC(C)C(C)SCc1cc(F)cc(C#CCN)c1. The second kappa shape index (κ2) is 7.45. The van der Waals surface area contributed by atoms with Crippen molar-refractivity contribution >= 4 is 11.8 Å². The third-order valence-corrected chi connectivity index (χ3v) is 4.31. The number of benzene rings is 1. The molecule has 0 aliphatic carbocycles. The van der Waals surface area contributed by atoms with Gasteiger partial charge in [0.1, 0.15) is 5.82 Å². The molecule has 0 aliphatic rings. The van der Waals surface area contributed by atoms with Crippen molar-refractivity contribution < 1.29 is 4.39 Å². The molecule has 0 saturated carbocycles. The lowest BCUT2D eigenvalue weighted by Gasteiger charge is -2.14. The molecule has 2 N–H and O–H groups in total. The third kappa shape index (κ3) is 5.12. The summed E-state index contributed by atoms with van der Waals surface area (Å²) in [6.07, 6.45) is 0. The van der Waals surface area contributed by atoms with Gasteiger partial charge in [-0.1, -0.05) is 32.6 Å². The Morgan fingerprint density at radius 2 is 2.00 bits per heavy atom. The number of hydrogen-bond donors (Lipinski definition) is 1. The van der Waals surface area contributed by atoms with Crippen LogP contribution in [-0.2, 0) is 5.75 Å². The zero-order chi connectivity index (χ0) is 13.5. The maximum atomic E-state index is 13.4. The fourth-order valence-electron chi connectivity index (χ4n) is 1.38. The molecule has 1 rings (SSSR count). The maximum Gasteiger partial charge on any atom is 0.124 e. The van der Waals surface area contributed by atoms with Crippen molar-refractivity contribution in [2.24, 2.45) is 11.7 Å². The molecule has 0 bridgehead atoms. The molecule has 1 unspecified atom stereocenters. The fraction of sp³-hybridized carbons (Fsp3) is 0.467. The average Bonchev–Trinajstić information content (AvgIpc) is 2.32. The molecule has 0 amide bonds. The Labute approximate surface area is 113 Å². The van der Waals surface area contributed by atoms with E-state index in [0.717, 1.165) is 11.3 Å². The molecule has 1 atom stereocenters. The van der Waals surface area contributed by atoms with E-state index in [4.69, 9.17) is 5.73 Å². The minimum absolute atomic E-state index is 0.230. The molecule has 18 heavy (non-hydrogen) atoms. The summed E-state index contributed by atoms with van der Waals surface area (Å²) >= 11 is 1.84. The van der Waals surface area contributed by atoms with E-state index in [1.807, 2.05) is 17.8 Å². The molecule has 98 valence electrons. The summed E-state index contributed by atoms with van der Waals surface area (Å²) in [6, 6.07) is 4.96. The first-order valence-corrected chi connectivity index (χ1v) is 7.17. The maximum absolute atomic E-state index is 13.4. The second-order valence-corrected chi connectivity index (χ2v) is 5.98. The summed E-state index contributed by atoms with van der Waals surface area (Å²) in [7, 11) is 0. The Morgan fingerprint density at radius 3 is 2.61 bits per heavy atom. The van der Waals surface area contributed by atoms with Crippen LogP contribution < -0.4 is 5.73 Å². The number of rotatable bonds is 4. The van der Waals surface area contributed by atoms with Gasteiger partial charge in [0.15, 0.2) is 0 Å². The quantitative estimate of drug-likeness (QED) is 0.844. The van der Waals surface area contributed by atoms with E-state index in [2.05, 4.69) is 32.6 Å². The van der Waals surface area contributed by atoms with Crippen LogP contribution in [0.2, 0.25) is 0 Å². The van der Waals surface area contributed by atoms with Crippen molar-refractivity contribution in [1.29, 1.82) is 0 Å². The van der Waals surface area contributed by atoms with Crippen LogP contribution in [0.25, 0.3) is 0 Å². The van der Waals surface area contributed by atoms with Crippen LogP contribution >= 0.6 is 11.8 Å². The second-order valence-electron chi connectivity index (χ2n) is 4.61. The van der Waals surface area contributed by atoms with Crippen molar-refractivity contribution in [3.63, 3.8) is 0 Å². The molecule has 1 nitrogen and oxygen atoms in total. The van der Waals surface area contributed by atoms with Crippen molar-refractivity contribution in [2.75, 3.05) is 6.54 Å². The first-order valence-electron chi connectivity index (χ1n) is 6.13. The van der Waals surface area contributed by atoms with Crippen LogP contribution in [0.1, 0.15) is 31.9 Å². The first-order chi connectivity index (χ1) is 8.52. The lowest BCUT2D eigenvalue weighted by atomic mass is 10.1. The van der Waals surface area contributed by atoms with Gasteiger partial charge < -0.3 is 5.73 Å². The predicted octanol–water partition coefficient (Wildman–Crippen LogP) is 3.41. The van der Waals surface area contributed by atoms with Crippen LogP contribution in [0.15, 0.2) is 18.2 Å². The van der Waals surface area contributed by atoms with Gasteiger partial charge in [0.2, 0.25) is 0 Å². The van der Waals surface area contributed by atoms with Gasteiger partial charge in [-0.2, -0.15) is 11.8 Å². The van der Waals surface area contributed by atoms with Gasteiger partial charge in [-0.05, 0) is 29.7 Å². The molecule has 0 radical (unpaired) electrons. The average molecular weight is 265 g/mol. The Bertz CT molecular complexity index is 446. The number of halogens is 1. The van der Waals surface area contributed by atoms with Gasteiger partial charge in [-0.25, -0.2) is 4.39 Å². The molecule has 1 aromatic carbocycles. The van der Waals surface area contributed by atoms with E-state index in [0.29, 0.717) is 23.3 Å². The van der Waals surface area contributed by atoms with E-state index in [-0.39, 0.29) is 5.82 Å². The van der Waals surface area contributed by atoms with E-state index in [9.17, 15) is 4.39 Å². The molecule has 1 aromatic rings. The van der Waals surface area contributed by atoms with Crippen LogP contribution in [0.4, 0.5) is 4.39 Å². The molecule has 0 saturated heterocycles. The van der Waals surface area contributed by atoms with Crippen molar-refractivity contribution in [3.05, 3.63) is 35.1 Å². The lowest BCUT2D eigenvalue weighted by molar-refractivity contribution is 0.625. The summed E-state index contributed by atoms with van der Waals surface area (Å²) in [6.45, 7) is 6.89. The molecule has 0 aliphatic heterocycles. The molecular formula is C15H20FNS. The first kappa shape index (κ1) is 15.1. The molecule has 0 heterocycles. The monoisotopic (exact) mass is 265 g/mol. The minimum atomic E-state index is -0.230. The molecule has 0 aromatic heterocycles. The highest BCUT2D eigenvalue weighted by molar-refractivity contribution is 7.99. The van der Waals surface area contributed by atoms with Crippen LogP contribution in [-0.4, -0.2) is 11.8 Å². The van der Waals surface area contributed by atoms with Gasteiger partial charge >= 0.3 is 0 Å². The van der Waals surface area contributed by atoms with E-state index in [1.54, 1.807) is 6.07 Å². The Hall–Kier alpha value is -0.980. The summed E-state index contributed by atoms with van der Waals surface area (Å²) in [5, 5.41) is 0.562. The number of hydrogen-bond acceptors (Lipinski definition) is 2. The van der Waals surface area contributed by atoms with E-state index < -0.39 is 0 Å². The predicted molar refractivity (Wildman–Crippen MR) is 77.9 cm³/mol. The zero-order valence-electron chi connectivity index (χ0n) is 11.2. The highest BCUT2D eigenvalue weighted by Crippen LogP contribution is 2.23. The van der Waals surface area contributed by atoms with Gasteiger partial charge in [-0.3, -0.25) is 0 Å². The normalized spacial score (nSPS) is 12.1. The highest BCUT2D eigenvalue weighted by Gasteiger charge is 2.08. The van der Waals surface area contributed by atoms with Crippen LogP contribution in [0, 0.1) is 23.6 Å². The van der Waals surface area contributed by atoms with Gasteiger partial charge in [0.05, 0.1) is 6.54 Å². The fourth-order valence-corrected chi connectivity index (χ4v) is 2.39. The van der Waals surface area contributed by atoms with Crippen LogP contribution in [0.3, 0.4) is 0 Å². The zero-order valence-corrected chi connectivity index (χ0v) is 12.0. The standard InChI is InChI=1S/C15H20FNS/c1-11(2)12(3)18-10-14-7-13(5-4-6-17)8-15(16)9-14/h7-9,11-12H,6,10,17H2,1-3H3. The van der Waals surface area contributed by atoms with Gasteiger partial charge in [-0.15, -0.1) is 0 Å². The summed E-state index contributed by atoms with van der Waals surface area (Å²) in [4.78, 5) is 0. The topological polar surface area (TPSA) is 26.0 Å². The summed E-state index contributed by atoms with van der Waals surface area (Å²) in [5.74, 6) is 6.83. The highest BCUT2D eigenvalue weighted by atomic mass is 32.2. The third-order valence-electron chi connectivity index (χ3n) is 2.74. The number of nitrogens with two attached hydrogens (primary N) is 1. The lowest BCUT2D eigenvalue weighted by Crippen LogP contribution is -2.05. The summed E-state index contributed by atoms with van der Waals surface area (Å²) < 4.78 is 13.4. The summed E-state index contributed by atoms with van der Waals surface area (Å²) in [5.41, 5.74) is 7.00. The van der Waals surface area contributed by atoms with Crippen molar-refractivity contribution in [1.82, 2.24) is 0 Å². The smallest absolute Gasteiger partial charge is 0.124 e. The molecule has 0 fully saturated rings. The Morgan fingerprint density at radius 1 is 1.28 bits per heavy atom. The Balaban J connectivity index is 2.74. The van der Waals surface area contributed by atoms with E-state index in [1.165, 1.54) is 6.07 Å². The Kier molecular flexibility index (Phi) is 6.24. The molecule has 0 spiro atoms. The van der Waals surface area contributed by atoms with Crippen LogP contribution in [0.5, 0.6) is 0 Å². The molecular weight excluding hydrogens is 245 g/mol. The van der Waals surface area contributed by atoms with Crippen molar-refractivity contribution in [2.45, 2.75) is 31.8 Å². The van der Waals surface area contributed by atoms with Crippen molar-refractivity contribution in [3.8, 4) is 11.8 Å². The minimum Gasteiger partial charge on any atom is -0.320 e.